The van der Waals surface area contributed by atoms with Gasteiger partial charge in [0.15, 0.2) is 0 Å². The Morgan fingerprint density at radius 3 is 2.68 bits per heavy atom. The minimum atomic E-state index is -0.962. The van der Waals surface area contributed by atoms with Crippen LogP contribution < -0.4 is 10.6 Å². The quantitative estimate of drug-likeness (QED) is 0.542. The van der Waals surface area contributed by atoms with Crippen LogP contribution in [0, 0.1) is 0 Å². The molecule has 2 atom stereocenters. The summed E-state index contributed by atoms with van der Waals surface area (Å²) >= 11 is 0. The van der Waals surface area contributed by atoms with Gasteiger partial charge >= 0.3 is 5.97 Å². The Labute approximate surface area is 166 Å². The molecular formula is C22H29N3O3. The molecule has 0 aliphatic carbocycles. The fourth-order valence-electron chi connectivity index (χ4n) is 3.48. The Hall–Kier alpha value is -2.44. The molecule has 0 saturated heterocycles. The number of hydrogen-bond acceptors (Lipinski definition) is 6. The highest BCUT2D eigenvalue weighted by atomic mass is 16.6. The molecule has 3 N–H and O–H groups in total. The largest absolute Gasteiger partial charge is 0.456 e. The summed E-state index contributed by atoms with van der Waals surface area (Å²) in [6.45, 7) is 8.50. The average Bonchev–Trinajstić information content (AvgIpc) is 3.13. The lowest BCUT2D eigenvalue weighted by Crippen LogP contribution is -2.25. The highest BCUT2D eigenvalue weighted by molar-refractivity contribution is 5.90. The first-order valence-corrected chi connectivity index (χ1v) is 9.66. The van der Waals surface area contributed by atoms with E-state index in [1.54, 1.807) is 19.2 Å². The lowest BCUT2D eigenvalue weighted by Gasteiger charge is -2.22. The maximum absolute atomic E-state index is 12.7. The molecule has 0 spiro atoms. The predicted octanol–water partition coefficient (Wildman–Crippen LogP) is 3.37. The van der Waals surface area contributed by atoms with E-state index in [1.165, 1.54) is 11.1 Å². The third kappa shape index (κ3) is 4.34. The van der Waals surface area contributed by atoms with Gasteiger partial charge in [0.1, 0.15) is 11.8 Å². The van der Waals surface area contributed by atoms with Gasteiger partial charge < -0.3 is 15.2 Å². The van der Waals surface area contributed by atoms with Crippen molar-refractivity contribution in [2.45, 2.75) is 51.9 Å². The van der Waals surface area contributed by atoms with Crippen LogP contribution in [0.2, 0.25) is 0 Å². The first-order chi connectivity index (χ1) is 13.2. The van der Waals surface area contributed by atoms with Crippen LogP contribution in [0.15, 0.2) is 30.3 Å². The molecule has 1 aromatic carbocycles. The van der Waals surface area contributed by atoms with Gasteiger partial charge in [-0.15, -0.1) is 0 Å². The SMILES string of the molecule is CNC(O)c1cc(C(=O)OC(C)(C)C)cc(C(C)c2cccc3c2CCN3)n1. The van der Waals surface area contributed by atoms with Crippen LogP contribution in [-0.2, 0) is 11.2 Å². The van der Waals surface area contributed by atoms with Gasteiger partial charge in [-0.25, -0.2) is 4.79 Å². The van der Waals surface area contributed by atoms with Crippen molar-refractivity contribution in [1.82, 2.24) is 10.3 Å². The van der Waals surface area contributed by atoms with Crippen LogP contribution in [0.25, 0.3) is 0 Å². The lowest BCUT2D eigenvalue weighted by atomic mass is 9.90. The molecule has 150 valence electrons. The number of aliphatic hydroxyl groups is 1. The van der Waals surface area contributed by atoms with Crippen molar-refractivity contribution in [2.24, 2.45) is 0 Å². The molecule has 6 nitrogen and oxygen atoms in total. The summed E-state index contributed by atoms with van der Waals surface area (Å²) in [5.41, 5.74) is 4.55. The number of fused-ring (bicyclic) bond motifs is 1. The number of ether oxygens (including phenoxy) is 1. The fourth-order valence-corrected chi connectivity index (χ4v) is 3.48. The van der Waals surface area contributed by atoms with Gasteiger partial charge in [0, 0.05) is 23.8 Å². The lowest BCUT2D eigenvalue weighted by molar-refractivity contribution is 0.00688. The normalized spacial score (nSPS) is 15.5. The zero-order valence-corrected chi connectivity index (χ0v) is 17.2. The molecule has 2 unspecified atom stereocenters. The molecule has 6 heteroatoms. The Kier molecular flexibility index (Phi) is 5.72. The smallest absolute Gasteiger partial charge is 0.338 e. The maximum Gasteiger partial charge on any atom is 0.338 e. The van der Waals surface area contributed by atoms with Crippen LogP contribution in [0.4, 0.5) is 5.69 Å². The molecule has 0 bridgehead atoms. The number of hydrogen-bond donors (Lipinski definition) is 3. The standard InChI is InChI=1S/C22H29N3O3/c1-13(15-7-6-8-17-16(15)9-10-24-17)18-11-14(21(27)28-22(2,3)4)12-19(25-18)20(26)23-5/h6-8,11-13,20,23-24,26H,9-10H2,1-5H3. The first-order valence-electron chi connectivity index (χ1n) is 9.66. The van der Waals surface area contributed by atoms with Crippen LogP contribution in [0.3, 0.4) is 0 Å². The van der Waals surface area contributed by atoms with E-state index in [2.05, 4.69) is 34.7 Å². The number of pyridine rings is 1. The number of carbonyl (C=O) groups is 1. The third-order valence-corrected chi connectivity index (χ3v) is 4.87. The van der Waals surface area contributed by atoms with Gasteiger partial charge in [-0.05, 0) is 63.6 Å². The molecule has 2 aromatic rings. The molecule has 1 aliphatic rings. The van der Waals surface area contributed by atoms with Crippen molar-refractivity contribution in [1.29, 1.82) is 0 Å². The molecule has 3 rings (SSSR count). The van der Waals surface area contributed by atoms with E-state index in [-0.39, 0.29) is 5.92 Å². The zero-order valence-electron chi connectivity index (χ0n) is 17.2. The maximum atomic E-state index is 12.7. The summed E-state index contributed by atoms with van der Waals surface area (Å²) in [5, 5.41) is 16.4. The van der Waals surface area contributed by atoms with Gasteiger partial charge in [0.05, 0.1) is 11.3 Å². The number of rotatable bonds is 5. The molecule has 0 saturated carbocycles. The Morgan fingerprint density at radius 2 is 2.00 bits per heavy atom. The topological polar surface area (TPSA) is 83.5 Å². The van der Waals surface area contributed by atoms with E-state index >= 15 is 0 Å². The number of aliphatic hydroxyl groups excluding tert-OH is 1. The molecule has 0 fully saturated rings. The van der Waals surface area contributed by atoms with Crippen molar-refractivity contribution < 1.29 is 14.6 Å². The molecule has 0 amide bonds. The summed E-state index contributed by atoms with van der Waals surface area (Å²) in [7, 11) is 1.64. The summed E-state index contributed by atoms with van der Waals surface area (Å²) < 4.78 is 5.53. The second-order valence-electron chi connectivity index (χ2n) is 8.17. The van der Waals surface area contributed by atoms with Crippen LogP contribution >= 0.6 is 0 Å². The predicted molar refractivity (Wildman–Crippen MR) is 110 cm³/mol. The third-order valence-electron chi connectivity index (χ3n) is 4.87. The second kappa shape index (κ2) is 7.89. The van der Waals surface area contributed by atoms with E-state index in [0.29, 0.717) is 11.3 Å². The number of aromatic nitrogens is 1. The van der Waals surface area contributed by atoms with Gasteiger partial charge in [-0.1, -0.05) is 19.1 Å². The monoisotopic (exact) mass is 383 g/mol. The number of anilines is 1. The van der Waals surface area contributed by atoms with Crippen LogP contribution in [-0.4, -0.2) is 35.3 Å². The number of nitrogens with one attached hydrogen (secondary N) is 2. The highest BCUT2D eigenvalue weighted by Gasteiger charge is 2.24. The van der Waals surface area contributed by atoms with Gasteiger partial charge in [0.2, 0.25) is 0 Å². The molecule has 1 aromatic heterocycles. The molecule has 0 radical (unpaired) electrons. The van der Waals surface area contributed by atoms with E-state index in [9.17, 15) is 9.90 Å². The zero-order chi connectivity index (χ0) is 20.5. The molecule has 2 heterocycles. The van der Waals surface area contributed by atoms with Crippen LogP contribution in [0.5, 0.6) is 0 Å². The Balaban J connectivity index is 2.03. The van der Waals surface area contributed by atoms with E-state index in [0.717, 1.165) is 24.3 Å². The van der Waals surface area contributed by atoms with Crippen molar-refractivity contribution in [3.8, 4) is 0 Å². The summed E-state index contributed by atoms with van der Waals surface area (Å²) in [6, 6.07) is 9.57. The minimum Gasteiger partial charge on any atom is -0.456 e. The van der Waals surface area contributed by atoms with Gasteiger partial charge in [-0.2, -0.15) is 0 Å². The molecule has 28 heavy (non-hydrogen) atoms. The molecule has 1 aliphatic heterocycles. The number of nitrogens with zero attached hydrogens (tertiary/aromatic N) is 1. The van der Waals surface area contributed by atoms with E-state index in [1.807, 2.05) is 26.8 Å². The van der Waals surface area contributed by atoms with Crippen LogP contribution in [0.1, 0.15) is 72.7 Å². The number of carbonyl (C=O) groups excluding carboxylic acids is 1. The van der Waals surface area contributed by atoms with Crippen molar-refractivity contribution >= 4 is 11.7 Å². The Bertz CT molecular complexity index is 874. The molecular weight excluding hydrogens is 354 g/mol. The summed E-state index contributed by atoms with van der Waals surface area (Å²) in [5.74, 6) is -0.451. The second-order valence-corrected chi connectivity index (χ2v) is 8.17. The first kappa shape index (κ1) is 20.3. The minimum absolute atomic E-state index is 0.0277. The van der Waals surface area contributed by atoms with Gasteiger partial charge in [-0.3, -0.25) is 10.3 Å². The Morgan fingerprint density at radius 1 is 1.29 bits per heavy atom. The van der Waals surface area contributed by atoms with Crippen molar-refractivity contribution in [2.75, 3.05) is 18.9 Å². The van der Waals surface area contributed by atoms with Gasteiger partial charge in [0.25, 0.3) is 0 Å². The van der Waals surface area contributed by atoms with E-state index < -0.39 is 17.8 Å². The van der Waals surface area contributed by atoms with Crippen molar-refractivity contribution in [3.05, 3.63) is 58.4 Å². The van der Waals surface area contributed by atoms with E-state index in [4.69, 9.17) is 4.74 Å². The van der Waals surface area contributed by atoms with Crippen molar-refractivity contribution in [3.63, 3.8) is 0 Å². The number of esters is 1. The number of benzene rings is 1. The summed E-state index contributed by atoms with van der Waals surface area (Å²) in [4.78, 5) is 17.3. The highest BCUT2D eigenvalue weighted by Crippen LogP contribution is 2.34. The summed E-state index contributed by atoms with van der Waals surface area (Å²) in [6.07, 6.45) is 0.00429. The average molecular weight is 383 g/mol. The fraction of sp³-hybridized carbons (Fsp3) is 0.455.